The number of rotatable bonds is 4. The van der Waals surface area contributed by atoms with Gasteiger partial charge in [0.15, 0.2) is 5.58 Å². The monoisotopic (exact) mass is 298 g/mol. The van der Waals surface area contributed by atoms with E-state index in [1.807, 2.05) is 0 Å². The van der Waals surface area contributed by atoms with Gasteiger partial charge in [-0.05, 0) is 48.9 Å². The smallest absolute Gasteiger partial charge is 0.310 e. The number of oxazole rings is 1. The molecule has 6 nitrogen and oxygen atoms in total. The van der Waals surface area contributed by atoms with E-state index in [0.717, 1.165) is 5.69 Å². The molecule has 0 radical (unpaired) electrons. The molecule has 22 heavy (non-hydrogen) atoms. The minimum absolute atomic E-state index is 0.176. The number of benzene rings is 2. The number of aromatic nitrogens is 1. The van der Waals surface area contributed by atoms with Gasteiger partial charge in [-0.15, -0.1) is 0 Å². The van der Waals surface area contributed by atoms with Gasteiger partial charge >= 0.3 is 5.97 Å². The fourth-order valence-corrected chi connectivity index (χ4v) is 2.07. The predicted molar refractivity (Wildman–Crippen MR) is 81.4 cm³/mol. The van der Waals surface area contributed by atoms with Crippen molar-refractivity contribution in [1.29, 1.82) is 0 Å². The van der Waals surface area contributed by atoms with E-state index >= 15 is 0 Å². The molecule has 3 aromatic rings. The fourth-order valence-electron chi connectivity index (χ4n) is 2.07. The van der Waals surface area contributed by atoms with Crippen molar-refractivity contribution in [2.75, 3.05) is 5.32 Å². The Labute approximate surface area is 126 Å². The van der Waals surface area contributed by atoms with Gasteiger partial charge in [0.25, 0.3) is 6.01 Å². The van der Waals surface area contributed by atoms with Crippen LogP contribution >= 0.6 is 0 Å². The van der Waals surface area contributed by atoms with Crippen LogP contribution in [0.3, 0.4) is 0 Å². The van der Waals surface area contributed by atoms with Crippen LogP contribution in [-0.4, -0.2) is 21.2 Å². The summed E-state index contributed by atoms with van der Waals surface area (Å²) in [5.41, 5.74) is 2.55. The maximum absolute atomic E-state index is 11.0. The van der Waals surface area contributed by atoms with Gasteiger partial charge in [-0.3, -0.25) is 4.79 Å². The molecule has 3 N–H and O–H groups in total. The third kappa shape index (κ3) is 2.71. The Bertz CT molecular complexity index is 824. The second-order valence-electron chi connectivity index (χ2n) is 4.98. The number of nitrogens with one attached hydrogen (secondary N) is 1. The number of carbonyl (C=O) groups is 1. The number of anilines is 2. The van der Waals surface area contributed by atoms with Gasteiger partial charge in [0.05, 0.1) is 5.92 Å². The lowest BCUT2D eigenvalue weighted by Crippen LogP contribution is -2.06. The van der Waals surface area contributed by atoms with Gasteiger partial charge in [0.2, 0.25) is 0 Å². The average Bonchev–Trinajstić information content (AvgIpc) is 2.90. The minimum Gasteiger partial charge on any atom is -0.508 e. The summed E-state index contributed by atoms with van der Waals surface area (Å²) < 4.78 is 5.60. The maximum atomic E-state index is 11.0. The largest absolute Gasteiger partial charge is 0.508 e. The number of carboxylic acid groups (broad SMARTS) is 1. The molecule has 0 aliphatic carbocycles. The number of carboxylic acids is 1. The molecule has 3 rings (SSSR count). The van der Waals surface area contributed by atoms with E-state index in [-0.39, 0.29) is 5.75 Å². The van der Waals surface area contributed by atoms with Crippen molar-refractivity contribution in [3.05, 3.63) is 48.0 Å². The topological polar surface area (TPSA) is 95.6 Å². The van der Waals surface area contributed by atoms with Crippen LogP contribution in [0.2, 0.25) is 0 Å². The molecule has 1 unspecified atom stereocenters. The van der Waals surface area contributed by atoms with Crippen molar-refractivity contribution in [3.8, 4) is 5.75 Å². The Hall–Kier alpha value is -3.02. The molecule has 0 saturated carbocycles. The van der Waals surface area contributed by atoms with Crippen molar-refractivity contribution < 1.29 is 19.4 Å². The highest BCUT2D eigenvalue weighted by atomic mass is 16.4. The summed E-state index contributed by atoms with van der Waals surface area (Å²) in [5, 5.41) is 21.3. The molecule has 0 saturated heterocycles. The summed E-state index contributed by atoms with van der Waals surface area (Å²) in [7, 11) is 0. The molecule has 0 fully saturated rings. The Morgan fingerprint density at radius 1 is 1.23 bits per heavy atom. The van der Waals surface area contributed by atoms with Crippen LogP contribution < -0.4 is 5.32 Å². The number of hydrogen-bond donors (Lipinski definition) is 3. The van der Waals surface area contributed by atoms with E-state index in [1.165, 1.54) is 0 Å². The molecule has 1 heterocycles. The normalized spacial score (nSPS) is 12.2. The number of aromatic hydroxyl groups is 1. The molecular formula is C16H14N2O4. The standard InChI is InChI=1S/C16H14N2O4/c1-9(15(20)21)10-2-7-13-14(8-10)22-16(18-13)17-11-3-5-12(19)6-4-11/h2-9,19H,1H3,(H,17,18)(H,20,21). The minimum atomic E-state index is -0.888. The van der Waals surface area contributed by atoms with Gasteiger partial charge in [0.1, 0.15) is 11.3 Å². The second-order valence-corrected chi connectivity index (χ2v) is 4.98. The molecule has 0 spiro atoms. The number of phenolic OH excluding ortho intramolecular Hbond substituents is 1. The lowest BCUT2D eigenvalue weighted by atomic mass is 10.0. The third-order valence-corrected chi connectivity index (χ3v) is 3.40. The lowest BCUT2D eigenvalue weighted by Gasteiger charge is -2.04. The second kappa shape index (κ2) is 5.40. The van der Waals surface area contributed by atoms with Crippen LogP contribution in [0.25, 0.3) is 11.1 Å². The Morgan fingerprint density at radius 3 is 2.64 bits per heavy atom. The number of nitrogens with zero attached hydrogens (tertiary/aromatic N) is 1. The summed E-state index contributed by atoms with van der Waals surface area (Å²) in [6.45, 7) is 1.62. The number of phenols is 1. The van der Waals surface area contributed by atoms with E-state index in [1.54, 1.807) is 49.4 Å². The van der Waals surface area contributed by atoms with E-state index in [2.05, 4.69) is 10.3 Å². The lowest BCUT2D eigenvalue weighted by molar-refractivity contribution is -0.138. The van der Waals surface area contributed by atoms with Gasteiger partial charge in [0, 0.05) is 5.69 Å². The Morgan fingerprint density at radius 2 is 1.95 bits per heavy atom. The molecule has 6 heteroatoms. The highest BCUT2D eigenvalue weighted by Crippen LogP contribution is 2.26. The highest BCUT2D eigenvalue weighted by molar-refractivity contribution is 5.80. The molecule has 0 aliphatic rings. The number of hydrogen-bond acceptors (Lipinski definition) is 5. The first-order chi connectivity index (χ1) is 10.5. The molecule has 1 aromatic heterocycles. The Balaban J connectivity index is 1.89. The summed E-state index contributed by atoms with van der Waals surface area (Å²) in [4.78, 5) is 15.3. The first-order valence-electron chi connectivity index (χ1n) is 6.72. The molecule has 0 aliphatic heterocycles. The number of fused-ring (bicyclic) bond motifs is 1. The summed E-state index contributed by atoms with van der Waals surface area (Å²) in [6.07, 6.45) is 0. The number of aliphatic carboxylic acids is 1. The summed E-state index contributed by atoms with van der Waals surface area (Å²) in [5.74, 6) is -1.32. The van der Waals surface area contributed by atoms with Crippen LogP contribution in [-0.2, 0) is 4.79 Å². The van der Waals surface area contributed by atoms with Crippen molar-refractivity contribution in [3.63, 3.8) is 0 Å². The van der Waals surface area contributed by atoms with Crippen LogP contribution in [0.5, 0.6) is 5.75 Å². The molecule has 2 aromatic carbocycles. The van der Waals surface area contributed by atoms with Crippen LogP contribution in [0.15, 0.2) is 46.9 Å². The quantitative estimate of drug-likeness (QED) is 0.638. The van der Waals surface area contributed by atoms with Crippen molar-refractivity contribution in [1.82, 2.24) is 4.98 Å². The first-order valence-corrected chi connectivity index (χ1v) is 6.72. The first kappa shape index (κ1) is 13.9. The van der Waals surface area contributed by atoms with Crippen molar-refractivity contribution in [2.24, 2.45) is 0 Å². The molecule has 0 amide bonds. The van der Waals surface area contributed by atoms with Gasteiger partial charge in [-0.1, -0.05) is 6.07 Å². The molecule has 112 valence electrons. The SMILES string of the molecule is CC(C(=O)O)c1ccc2nc(Nc3ccc(O)cc3)oc2c1. The van der Waals surface area contributed by atoms with Gasteiger partial charge in [-0.2, -0.15) is 4.98 Å². The molecule has 0 bridgehead atoms. The van der Waals surface area contributed by atoms with E-state index in [4.69, 9.17) is 9.52 Å². The Kier molecular flexibility index (Phi) is 3.42. The summed E-state index contributed by atoms with van der Waals surface area (Å²) in [6, 6.07) is 12.0. The van der Waals surface area contributed by atoms with E-state index < -0.39 is 11.9 Å². The molecule has 1 atom stereocenters. The van der Waals surface area contributed by atoms with E-state index in [9.17, 15) is 9.90 Å². The molecular weight excluding hydrogens is 284 g/mol. The van der Waals surface area contributed by atoms with Crippen LogP contribution in [0.4, 0.5) is 11.7 Å². The van der Waals surface area contributed by atoms with Crippen molar-refractivity contribution in [2.45, 2.75) is 12.8 Å². The van der Waals surface area contributed by atoms with Gasteiger partial charge in [-0.25, -0.2) is 0 Å². The predicted octanol–water partition coefficient (Wildman–Crippen LogP) is 3.47. The van der Waals surface area contributed by atoms with Crippen molar-refractivity contribution >= 4 is 28.8 Å². The maximum Gasteiger partial charge on any atom is 0.310 e. The highest BCUT2D eigenvalue weighted by Gasteiger charge is 2.15. The zero-order valence-electron chi connectivity index (χ0n) is 11.8. The third-order valence-electron chi connectivity index (χ3n) is 3.40. The van der Waals surface area contributed by atoms with E-state index in [0.29, 0.717) is 22.7 Å². The fraction of sp³-hybridized carbons (Fsp3) is 0.125. The zero-order valence-corrected chi connectivity index (χ0v) is 11.8. The van der Waals surface area contributed by atoms with Gasteiger partial charge < -0.3 is 19.9 Å². The average molecular weight is 298 g/mol. The van der Waals surface area contributed by atoms with Crippen LogP contribution in [0.1, 0.15) is 18.4 Å². The summed E-state index contributed by atoms with van der Waals surface area (Å²) >= 11 is 0. The zero-order chi connectivity index (χ0) is 15.7. The van der Waals surface area contributed by atoms with Crippen LogP contribution in [0, 0.1) is 0 Å².